The van der Waals surface area contributed by atoms with Gasteiger partial charge in [0.15, 0.2) is 17.2 Å². The van der Waals surface area contributed by atoms with Crippen molar-refractivity contribution < 1.29 is 14.3 Å². The highest BCUT2D eigenvalue weighted by atomic mass is 16.7. The van der Waals surface area contributed by atoms with Crippen molar-refractivity contribution in [3.63, 3.8) is 0 Å². The third-order valence-electron chi connectivity index (χ3n) is 4.27. The molecule has 1 aliphatic rings. The summed E-state index contributed by atoms with van der Waals surface area (Å²) >= 11 is 0. The van der Waals surface area contributed by atoms with Crippen LogP contribution in [-0.4, -0.2) is 22.3 Å². The van der Waals surface area contributed by atoms with E-state index >= 15 is 0 Å². The summed E-state index contributed by atoms with van der Waals surface area (Å²) in [4.78, 5) is 29.4. The smallest absolute Gasteiger partial charge is 0.282 e. The fourth-order valence-corrected chi connectivity index (χ4v) is 2.97. The highest BCUT2D eigenvalue weighted by Gasteiger charge is 2.18. The molecule has 3 aromatic rings. The highest BCUT2D eigenvalue weighted by molar-refractivity contribution is 5.93. The van der Waals surface area contributed by atoms with Crippen molar-refractivity contribution in [1.82, 2.24) is 14.9 Å². The van der Waals surface area contributed by atoms with E-state index in [0.29, 0.717) is 29.1 Å². The maximum atomic E-state index is 12.6. The Morgan fingerprint density at radius 1 is 1.19 bits per heavy atom. The number of ether oxygens (including phenoxy) is 2. The van der Waals surface area contributed by atoms with Crippen molar-refractivity contribution in [1.29, 1.82) is 0 Å². The van der Waals surface area contributed by atoms with Gasteiger partial charge in [-0.3, -0.25) is 9.59 Å². The van der Waals surface area contributed by atoms with Crippen molar-refractivity contribution in [2.24, 2.45) is 0 Å². The largest absolute Gasteiger partial charge is 0.454 e. The first kappa shape index (κ1) is 16.1. The van der Waals surface area contributed by atoms with Crippen LogP contribution in [0.1, 0.15) is 23.0 Å². The molecule has 1 N–H and O–H groups in total. The first-order valence-electron chi connectivity index (χ1n) is 8.33. The second-order valence-corrected chi connectivity index (χ2v) is 5.87. The van der Waals surface area contributed by atoms with Crippen molar-refractivity contribution in [3.05, 3.63) is 64.1 Å². The number of aromatic nitrogens is 2. The molecule has 1 aliphatic heterocycles. The molecule has 7 nitrogen and oxygen atoms in total. The standard InChI is InChI=1S/C19H17N3O4/c1-2-22-14-6-4-3-5-13(14)21-17(19(22)24)18(23)20-10-12-7-8-15-16(9-12)26-11-25-15/h3-9H,2,10-11H2,1H3,(H,20,23). The molecule has 1 aromatic heterocycles. The number of benzene rings is 2. The van der Waals surface area contributed by atoms with E-state index in [1.807, 2.05) is 31.2 Å². The van der Waals surface area contributed by atoms with E-state index < -0.39 is 11.5 Å². The number of carbonyl (C=O) groups excluding carboxylic acids is 1. The molecule has 0 atom stereocenters. The van der Waals surface area contributed by atoms with Gasteiger partial charge >= 0.3 is 0 Å². The van der Waals surface area contributed by atoms with E-state index in [9.17, 15) is 9.59 Å². The van der Waals surface area contributed by atoms with Gasteiger partial charge in [0.25, 0.3) is 11.5 Å². The minimum absolute atomic E-state index is 0.105. The number of hydrogen-bond donors (Lipinski definition) is 1. The van der Waals surface area contributed by atoms with Crippen LogP contribution in [0.25, 0.3) is 11.0 Å². The lowest BCUT2D eigenvalue weighted by Gasteiger charge is -2.10. The van der Waals surface area contributed by atoms with Gasteiger partial charge in [-0.2, -0.15) is 0 Å². The molecule has 0 bridgehead atoms. The molecular weight excluding hydrogens is 334 g/mol. The van der Waals surface area contributed by atoms with Gasteiger partial charge in [0.1, 0.15) is 0 Å². The molecule has 132 valence electrons. The molecule has 0 radical (unpaired) electrons. The molecule has 0 fully saturated rings. The Labute approximate surface area is 149 Å². The second kappa shape index (κ2) is 6.51. The number of carbonyl (C=O) groups is 1. The van der Waals surface area contributed by atoms with Crippen LogP contribution in [0.2, 0.25) is 0 Å². The lowest BCUT2D eigenvalue weighted by molar-refractivity contribution is 0.0944. The Morgan fingerprint density at radius 2 is 2.00 bits per heavy atom. The monoisotopic (exact) mass is 351 g/mol. The van der Waals surface area contributed by atoms with E-state index in [2.05, 4.69) is 10.3 Å². The molecule has 2 heterocycles. The summed E-state index contributed by atoms with van der Waals surface area (Å²) in [5.41, 5.74) is 1.68. The molecule has 0 saturated heterocycles. The first-order chi connectivity index (χ1) is 12.7. The topological polar surface area (TPSA) is 82.5 Å². The number of nitrogens with zero attached hydrogens (tertiary/aromatic N) is 2. The van der Waals surface area contributed by atoms with Crippen LogP contribution < -0.4 is 20.3 Å². The molecule has 4 rings (SSSR count). The lowest BCUT2D eigenvalue weighted by atomic mass is 10.2. The summed E-state index contributed by atoms with van der Waals surface area (Å²) < 4.78 is 12.1. The average molecular weight is 351 g/mol. The van der Waals surface area contributed by atoms with Gasteiger partial charge in [0.05, 0.1) is 11.0 Å². The Bertz CT molecular complexity index is 1060. The zero-order valence-corrected chi connectivity index (χ0v) is 14.2. The number of rotatable bonds is 4. The zero-order valence-electron chi connectivity index (χ0n) is 14.2. The summed E-state index contributed by atoms with van der Waals surface area (Å²) in [7, 11) is 0. The summed E-state index contributed by atoms with van der Waals surface area (Å²) in [5, 5.41) is 2.75. The fourth-order valence-electron chi connectivity index (χ4n) is 2.97. The molecule has 0 unspecified atom stereocenters. The van der Waals surface area contributed by atoms with Crippen LogP contribution in [-0.2, 0) is 13.1 Å². The maximum absolute atomic E-state index is 12.6. The maximum Gasteiger partial charge on any atom is 0.282 e. The molecule has 0 saturated carbocycles. The Morgan fingerprint density at radius 3 is 2.85 bits per heavy atom. The minimum atomic E-state index is -0.499. The predicted molar refractivity (Wildman–Crippen MR) is 95.4 cm³/mol. The SMILES string of the molecule is CCn1c(=O)c(C(=O)NCc2ccc3c(c2)OCO3)nc2ccccc21. The van der Waals surface area contributed by atoms with Gasteiger partial charge in [0.2, 0.25) is 6.79 Å². The summed E-state index contributed by atoms with van der Waals surface area (Å²) in [6, 6.07) is 12.7. The first-order valence-corrected chi connectivity index (χ1v) is 8.33. The molecule has 0 spiro atoms. The Kier molecular flexibility index (Phi) is 4.04. The average Bonchev–Trinajstić information content (AvgIpc) is 3.13. The Hall–Kier alpha value is -3.35. The number of amides is 1. The van der Waals surface area contributed by atoms with Crippen LogP contribution in [0.3, 0.4) is 0 Å². The number of fused-ring (bicyclic) bond motifs is 2. The number of nitrogens with one attached hydrogen (secondary N) is 1. The van der Waals surface area contributed by atoms with Gasteiger partial charge < -0.3 is 19.4 Å². The zero-order chi connectivity index (χ0) is 18.1. The van der Waals surface area contributed by atoms with Crippen LogP contribution in [0.15, 0.2) is 47.3 Å². The normalized spacial score (nSPS) is 12.3. The quantitative estimate of drug-likeness (QED) is 0.778. The fraction of sp³-hybridized carbons (Fsp3) is 0.211. The molecule has 2 aromatic carbocycles. The van der Waals surface area contributed by atoms with Crippen molar-refractivity contribution >= 4 is 16.9 Å². The van der Waals surface area contributed by atoms with Crippen LogP contribution in [0.4, 0.5) is 0 Å². The molecule has 7 heteroatoms. The summed E-state index contributed by atoms with van der Waals surface area (Å²) in [6.45, 7) is 2.78. The number of para-hydroxylation sites is 2. The number of hydrogen-bond acceptors (Lipinski definition) is 5. The van der Waals surface area contributed by atoms with E-state index in [0.717, 1.165) is 5.56 Å². The predicted octanol–water partition coefficient (Wildman–Crippen LogP) is 2.08. The molecule has 1 amide bonds. The van der Waals surface area contributed by atoms with Crippen molar-refractivity contribution in [3.8, 4) is 11.5 Å². The summed E-state index contributed by atoms with van der Waals surface area (Å²) in [5.74, 6) is 0.830. The van der Waals surface area contributed by atoms with Crippen LogP contribution >= 0.6 is 0 Å². The Balaban J connectivity index is 1.60. The molecular formula is C19H17N3O4. The van der Waals surface area contributed by atoms with Gasteiger partial charge in [-0.25, -0.2) is 4.98 Å². The third kappa shape index (κ3) is 2.77. The number of aryl methyl sites for hydroxylation is 1. The lowest BCUT2D eigenvalue weighted by Crippen LogP contribution is -2.34. The minimum Gasteiger partial charge on any atom is -0.454 e. The van der Waals surface area contributed by atoms with Gasteiger partial charge in [-0.15, -0.1) is 0 Å². The molecule has 0 aliphatic carbocycles. The molecule has 26 heavy (non-hydrogen) atoms. The second-order valence-electron chi connectivity index (χ2n) is 5.87. The van der Waals surface area contributed by atoms with Crippen LogP contribution in [0, 0.1) is 0 Å². The van der Waals surface area contributed by atoms with E-state index in [-0.39, 0.29) is 19.0 Å². The highest BCUT2D eigenvalue weighted by Crippen LogP contribution is 2.32. The summed E-state index contributed by atoms with van der Waals surface area (Å²) in [6.07, 6.45) is 0. The van der Waals surface area contributed by atoms with Crippen LogP contribution in [0.5, 0.6) is 11.5 Å². The van der Waals surface area contributed by atoms with Gasteiger partial charge in [0, 0.05) is 13.1 Å². The van der Waals surface area contributed by atoms with Crippen molar-refractivity contribution in [2.75, 3.05) is 6.79 Å². The van der Waals surface area contributed by atoms with Gasteiger partial charge in [-0.1, -0.05) is 18.2 Å². The van der Waals surface area contributed by atoms with E-state index in [1.54, 1.807) is 22.8 Å². The third-order valence-corrected chi connectivity index (χ3v) is 4.27. The van der Waals surface area contributed by atoms with Crippen molar-refractivity contribution in [2.45, 2.75) is 20.0 Å². The van der Waals surface area contributed by atoms with Gasteiger partial charge in [-0.05, 0) is 36.8 Å². The van der Waals surface area contributed by atoms with E-state index in [1.165, 1.54) is 0 Å². The van der Waals surface area contributed by atoms with E-state index in [4.69, 9.17) is 9.47 Å².